The monoisotopic (exact) mass is 495 g/mol. The summed E-state index contributed by atoms with van der Waals surface area (Å²) in [7, 11) is 0. The number of nitrogens with zero attached hydrogens (tertiary/aromatic N) is 1. The molecule has 27 heavy (non-hydrogen) atoms. The highest BCUT2D eigenvalue weighted by Crippen LogP contribution is 2.13. The SMILES string of the molecule is O=C(Cc1cccc(Br)c1)NC=C(NC(=O)Cc1cccc(Br)c1)[N+](=O)[O-]. The second kappa shape index (κ2) is 9.98. The standard InChI is InChI=1S/C18H15Br2N3O4/c19-14-5-1-3-12(7-14)9-17(24)21-11-16(23(26)27)22-18(25)10-13-4-2-6-15(20)8-13/h1-8,11H,9-10H2,(H,21,24)(H,22,25). The summed E-state index contributed by atoms with van der Waals surface area (Å²) >= 11 is 6.61. The Balaban J connectivity index is 1.96. The van der Waals surface area contributed by atoms with Gasteiger partial charge in [0.05, 0.1) is 19.0 Å². The largest absolute Gasteiger partial charge is 0.358 e. The van der Waals surface area contributed by atoms with Gasteiger partial charge in [-0.1, -0.05) is 56.1 Å². The molecule has 0 heterocycles. The molecule has 2 aromatic carbocycles. The van der Waals surface area contributed by atoms with E-state index in [9.17, 15) is 19.7 Å². The van der Waals surface area contributed by atoms with E-state index in [4.69, 9.17) is 0 Å². The van der Waals surface area contributed by atoms with Gasteiger partial charge in [0.25, 0.3) is 0 Å². The van der Waals surface area contributed by atoms with E-state index in [0.717, 1.165) is 20.7 Å². The molecule has 0 fully saturated rings. The Morgan fingerprint density at radius 2 is 1.48 bits per heavy atom. The van der Waals surface area contributed by atoms with Crippen LogP contribution in [0, 0.1) is 10.1 Å². The van der Waals surface area contributed by atoms with Gasteiger partial charge in [-0.15, -0.1) is 0 Å². The average molecular weight is 497 g/mol. The van der Waals surface area contributed by atoms with Gasteiger partial charge in [0.2, 0.25) is 5.91 Å². The number of rotatable bonds is 7. The highest BCUT2D eigenvalue weighted by Gasteiger charge is 2.16. The number of halogens is 2. The third-order valence-electron chi connectivity index (χ3n) is 3.34. The molecule has 0 radical (unpaired) electrons. The van der Waals surface area contributed by atoms with Crippen molar-refractivity contribution >= 4 is 43.7 Å². The fourth-order valence-electron chi connectivity index (χ4n) is 2.19. The van der Waals surface area contributed by atoms with E-state index in [2.05, 4.69) is 42.5 Å². The van der Waals surface area contributed by atoms with Gasteiger partial charge in [0.1, 0.15) is 0 Å². The normalized spacial score (nSPS) is 11.0. The molecule has 7 nitrogen and oxygen atoms in total. The van der Waals surface area contributed by atoms with Crippen LogP contribution in [-0.2, 0) is 22.4 Å². The molecule has 0 atom stereocenters. The summed E-state index contributed by atoms with van der Waals surface area (Å²) in [6.07, 6.45) is 0.905. The summed E-state index contributed by atoms with van der Waals surface area (Å²) in [5.41, 5.74) is 1.44. The van der Waals surface area contributed by atoms with Gasteiger partial charge in [-0.3, -0.25) is 4.79 Å². The van der Waals surface area contributed by atoms with Gasteiger partial charge in [-0.05, 0) is 40.3 Å². The van der Waals surface area contributed by atoms with E-state index in [0.29, 0.717) is 5.56 Å². The Morgan fingerprint density at radius 3 is 1.96 bits per heavy atom. The number of hydrogen-bond donors (Lipinski definition) is 2. The summed E-state index contributed by atoms with van der Waals surface area (Å²) < 4.78 is 1.63. The Bertz CT molecular complexity index is 900. The fraction of sp³-hybridized carbons (Fsp3) is 0.111. The molecule has 9 heteroatoms. The molecule has 2 amide bonds. The van der Waals surface area contributed by atoms with Gasteiger partial charge in [-0.25, -0.2) is 10.1 Å². The van der Waals surface area contributed by atoms with Crippen molar-refractivity contribution in [3.8, 4) is 0 Å². The summed E-state index contributed by atoms with van der Waals surface area (Å²) in [5, 5.41) is 15.6. The van der Waals surface area contributed by atoms with E-state index in [1.165, 1.54) is 0 Å². The van der Waals surface area contributed by atoms with Crippen LogP contribution in [0.1, 0.15) is 11.1 Å². The smallest absolute Gasteiger partial charge is 0.339 e. The topological polar surface area (TPSA) is 101 Å². The molecule has 0 unspecified atom stereocenters. The van der Waals surface area contributed by atoms with Gasteiger partial charge >= 0.3 is 11.7 Å². The van der Waals surface area contributed by atoms with Crippen LogP contribution in [0.5, 0.6) is 0 Å². The second-order valence-corrected chi connectivity index (χ2v) is 7.35. The third-order valence-corrected chi connectivity index (χ3v) is 4.33. The summed E-state index contributed by atoms with van der Waals surface area (Å²) in [6.45, 7) is 0. The van der Waals surface area contributed by atoms with Crippen molar-refractivity contribution in [3.63, 3.8) is 0 Å². The summed E-state index contributed by atoms with van der Waals surface area (Å²) in [6, 6.07) is 14.2. The van der Waals surface area contributed by atoms with E-state index in [-0.39, 0.29) is 12.8 Å². The number of carbonyl (C=O) groups excluding carboxylic acids is 2. The molecule has 0 bridgehead atoms. The average Bonchev–Trinajstić information content (AvgIpc) is 2.58. The molecule has 0 aliphatic carbocycles. The first-order valence-electron chi connectivity index (χ1n) is 7.76. The number of nitrogens with one attached hydrogen (secondary N) is 2. The molecule has 140 valence electrons. The Kier molecular flexibility index (Phi) is 7.68. The lowest BCUT2D eigenvalue weighted by Gasteiger charge is -2.05. The minimum Gasteiger partial charge on any atom is -0.358 e. The predicted octanol–water partition coefficient (Wildman–Crippen LogP) is 3.30. The summed E-state index contributed by atoms with van der Waals surface area (Å²) in [5.74, 6) is -1.59. The molecule has 2 aromatic rings. The van der Waals surface area contributed by atoms with Crippen molar-refractivity contribution in [2.75, 3.05) is 0 Å². The molecule has 2 rings (SSSR count). The zero-order valence-electron chi connectivity index (χ0n) is 13.9. The van der Waals surface area contributed by atoms with Crippen LogP contribution in [0.2, 0.25) is 0 Å². The molecule has 0 saturated carbocycles. The van der Waals surface area contributed by atoms with Crippen LogP contribution >= 0.6 is 31.9 Å². The van der Waals surface area contributed by atoms with E-state index >= 15 is 0 Å². The molecular formula is C18H15Br2N3O4. The zero-order chi connectivity index (χ0) is 19.8. The number of hydrogen-bond acceptors (Lipinski definition) is 4. The second-order valence-electron chi connectivity index (χ2n) is 5.52. The maximum Gasteiger partial charge on any atom is 0.339 e. The van der Waals surface area contributed by atoms with Crippen LogP contribution in [0.15, 0.2) is 69.5 Å². The molecule has 0 aliphatic heterocycles. The summed E-state index contributed by atoms with van der Waals surface area (Å²) in [4.78, 5) is 34.3. The predicted molar refractivity (Wildman–Crippen MR) is 107 cm³/mol. The van der Waals surface area contributed by atoms with E-state index in [1.54, 1.807) is 36.4 Å². The molecular weight excluding hydrogens is 482 g/mol. The minimum absolute atomic E-state index is 0.0311. The maximum absolute atomic E-state index is 12.0. The van der Waals surface area contributed by atoms with E-state index in [1.807, 2.05) is 12.1 Å². The highest BCUT2D eigenvalue weighted by atomic mass is 79.9. The first kappa shape index (κ1) is 20.8. The maximum atomic E-state index is 12.0. The first-order chi connectivity index (χ1) is 12.8. The Morgan fingerprint density at radius 1 is 0.963 bits per heavy atom. The lowest BCUT2D eigenvalue weighted by molar-refractivity contribution is -0.430. The van der Waals surface area contributed by atoms with Gasteiger partial charge in [0, 0.05) is 8.95 Å². The van der Waals surface area contributed by atoms with Gasteiger partial charge in [0.15, 0.2) is 0 Å². The van der Waals surface area contributed by atoms with Crippen LogP contribution in [0.25, 0.3) is 0 Å². The van der Waals surface area contributed by atoms with Crippen molar-refractivity contribution in [1.29, 1.82) is 0 Å². The van der Waals surface area contributed by atoms with Crippen LogP contribution in [0.4, 0.5) is 0 Å². The molecule has 0 aliphatic rings. The molecule has 0 aromatic heterocycles. The lowest BCUT2D eigenvalue weighted by Crippen LogP contribution is -2.31. The van der Waals surface area contributed by atoms with Crippen molar-refractivity contribution in [1.82, 2.24) is 10.6 Å². The fourth-order valence-corrected chi connectivity index (χ4v) is 3.08. The molecule has 0 saturated heterocycles. The van der Waals surface area contributed by atoms with Gasteiger partial charge < -0.3 is 15.4 Å². The van der Waals surface area contributed by atoms with Crippen LogP contribution < -0.4 is 10.6 Å². The molecule has 0 spiro atoms. The minimum atomic E-state index is -0.766. The number of amides is 2. The van der Waals surface area contributed by atoms with Crippen molar-refractivity contribution in [3.05, 3.63) is 90.7 Å². The van der Waals surface area contributed by atoms with E-state index < -0.39 is 22.6 Å². The third kappa shape index (κ3) is 7.32. The number of carbonyl (C=O) groups is 2. The first-order valence-corrected chi connectivity index (χ1v) is 9.35. The van der Waals surface area contributed by atoms with Crippen molar-refractivity contribution in [2.24, 2.45) is 0 Å². The van der Waals surface area contributed by atoms with Gasteiger partial charge in [-0.2, -0.15) is 0 Å². The lowest BCUT2D eigenvalue weighted by atomic mass is 10.1. The van der Waals surface area contributed by atoms with Crippen molar-refractivity contribution in [2.45, 2.75) is 12.8 Å². The quantitative estimate of drug-likeness (QED) is 0.453. The van der Waals surface area contributed by atoms with Crippen molar-refractivity contribution < 1.29 is 14.5 Å². The molecule has 2 N–H and O–H groups in total. The number of nitro groups is 1. The Hall–Kier alpha value is -2.52. The Labute approximate surface area is 172 Å². The van der Waals surface area contributed by atoms with Crippen LogP contribution in [-0.4, -0.2) is 16.7 Å². The van der Waals surface area contributed by atoms with Crippen LogP contribution in [0.3, 0.4) is 0 Å². The number of benzene rings is 2. The zero-order valence-corrected chi connectivity index (χ0v) is 17.1. The highest BCUT2D eigenvalue weighted by molar-refractivity contribution is 9.10.